The van der Waals surface area contributed by atoms with Gasteiger partial charge in [0.1, 0.15) is 16.4 Å². The Morgan fingerprint density at radius 2 is 1.68 bits per heavy atom. The smallest absolute Gasteiger partial charge is 0.243 e. The molecule has 0 atom stereocenters. The van der Waals surface area contributed by atoms with Crippen LogP contribution in [0.4, 0.5) is 0 Å². The van der Waals surface area contributed by atoms with Gasteiger partial charge in [-0.3, -0.25) is 0 Å². The number of pyridine rings is 1. The second kappa shape index (κ2) is 6.92. The van der Waals surface area contributed by atoms with E-state index in [1.54, 1.807) is 19.2 Å². The quantitative estimate of drug-likeness (QED) is 0.758. The number of ether oxygens (including phenoxy) is 2. The van der Waals surface area contributed by atoms with Crippen LogP contribution in [0.2, 0.25) is 0 Å². The monoisotopic (exact) mass is 356 g/mol. The highest BCUT2D eigenvalue weighted by Gasteiger charge is 2.16. The molecule has 0 saturated carbocycles. The first-order valence-corrected chi connectivity index (χ1v) is 8.92. The minimum atomic E-state index is -3.92. The molecule has 0 radical (unpaired) electrons. The fourth-order valence-electron chi connectivity index (χ4n) is 2.30. The van der Waals surface area contributed by atoms with Crippen molar-refractivity contribution in [3.05, 3.63) is 66.9 Å². The fourth-order valence-corrected chi connectivity index (χ4v) is 2.91. The molecule has 0 fully saturated rings. The number of nitrogens with zero attached hydrogens (tertiary/aromatic N) is 1. The van der Waals surface area contributed by atoms with Crippen molar-refractivity contribution in [1.82, 2.24) is 4.98 Å². The Morgan fingerprint density at radius 3 is 2.36 bits per heavy atom. The average Bonchev–Trinajstić information content (AvgIpc) is 2.62. The van der Waals surface area contributed by atoms with E-state index in [1.807, 2.05) is 36.4 Å². The number of sulfonamides is 1. The molecule has 0 spiro atoms. The minimum Gasteiger partial charge on any atom is -0.497 e. The van der Waals surface area contributed by atoms with E-state index in [0.717, 1.165) is 16.9 Å². The van der Waals surface area contributed by atoms with Gasteiger partial charge < -0.3 is 9.47 Å². The third-order valence-corrected chi connectivity index (χ3v) is 4.44. The van der Waals surface area contributed by atoms with Crippen LogP contribution in [0.5, 0.6) is 17.4 Å². The Morgan fingerprint density at radius 1 is 0.920 bits per heavy atom. The summed E-state index contributed by atoms with van der Waals surface area (Å²) in [5, 5.41) is 5.20. The van der Waals surface area contributed by atoms with Gasteiger partial charge in [-0.1, -0.05) is 24.3 Å². The third kappa shape index (κ3) is 3.96. The largest absolute Gasteiger partial charge is 0.497 e. The minimum absolute atomic E-state index is 0.0584. The first-order valence-electron chi connectivity index (χ1n) is 7.37. The topological polar surface area (TPSA) is 91.5 Å². The van der Waals surface area contributed by atoms with Crippen LogP contribution >= 0.6 is 0 Å². The SMILES string of the molecule is COc1ccc(-c2cccc(Oc3ncccc3S(N)(=O)=O)c2)cc1. The highest BCUT2D eigenvalue weighted by Crippen LogP contribution is 2.30. The molecule has 128 valence electrons. The highest BCUT2D eigenvalue weighted by atomic mass is 32.2. The Hall–Kier alpha value is -2.90. The number of nitrogens with two attached hydrogens (primary N) is 1. The van der Waals surface area contributed by atoms with E-state index < -0.39 is 10.0 Å². The second-order valence-electron chi connectivity index (χ2n) is 5.21. The summed E-state index contributed by atoms with van der Waals surface area (Å²) in [5.74, 6) is 1.16. The Bertz CT molecular complexity index is 986. The van der Waals surface area contributed by atoms with Crippen molar-refractivity contribution in [2.75, 3.05) is 7.11 Å². The van der Waals surface area contributed by atoms with Crippen LogP contribution in [0.25, 0.3) is 11.1 Å². The van der Waals surface area contributed by atoms with Gasteiger partial charge in [0.25, 0.3) is 0 Å². The van der Waals surface area contributed by atoms with Crippen molar-refractivity contribution in [1.29, 1.82) is 0 Å². The number of hydrogen-bond acceptors (Lipinski definition) is 5. The zero-order chi connectivity index (χ0) is 17.9. The van der Waals surface area contributed by atoms with Gasteiger partial charge in [-0.05, 0) is 47.5 Å². The maximum atomic E-state index is 11.6. The van der Waals surface area contributed by atoms with Gasteiger partial charge in [-0.15, -0.1) is 0 Å². The van der Waals surface area contributed by atoms with Gasteiger partial charge >= 0.3 is 0 Å². The van der Waals surface area contributed by atoms with Gasteiger partial charge in [0.2, 0.25) is 15.9 Å². The summed E-state index contributed by atoms with van der Waals surface area (Å²) in [6, 6.07) is 17.7. The Labute approximate surface area is 145 Å². The molecular formula is C18H16N2O4S. The van der Waals surface area contributed by atoms with E-state index in [1.165, 1.54) is 18.3 Å². The van der Waals surface area contributed by atoms with Crippen molar-refractivity contribution in [3.8, 4) is 28.5 Å². The molecule has 0 aliphatic heterocycles. The number of aromatic nitrogens is 1. The zero-order valence-electron chi connectivity index (χ0n) is 13.4. The lowest BCUT2D eigenvalue weighted by Gasteiger charge is -2.10. The molecule has 1 aromatic heterocycles. The van der Waals surface area contributed by atoms with E-state index in [-0.39, 0.29) is 10.8 Å². The molecule has 25 heavy (non-hydrogen) atoms. The lowest BCUT2D eigenvalue weighted by molar-refractivity contribution is 0.415. The van der Waals surface area contributed by atoms with Crippen molar-refractivity contribution in [2.45, 2.75) is 4.90 Å². The fraction of sp³-hybridized carbons (Fsp3) is 0.0556. The van der Waals surface area contributed by atoms with Gasteiger partial charge in [0, 0.05) is 6.20 Å². The Kier molecular flexibility index (Phi) is 4.69. The standard InChI is InChI=1S/C18H16N2O4S/c1-23-15-9-7-13(8-10-15)14-4-2-5-16(12-14)24-18-17(25(19,21)22)6-3-11-20-18/h2-12H,1H3,(H2,19,21,22). The molecular weight excluding hydrogens is 340 g/mol. The van der Waals surface area contributed by atoms with Crippen LogP contribution in [0.3, 0.4) is 0 Å². The number of primary sulfonamides is 1. The first kappa shape index (κ1) is 16.9. The molecule has 6 nitrogen and oxygen atoms in total. The average molecular weight is 356 g/mol. The van der Waals surface area contributed by atoms with Crippen molar-refractivity contribution in [3.63, 3.8) is 0 Å². The van der Waals surface area contributed by atoms with E-state index in [9.17, 15) is 8.42 Å². The molecule has 0 aliphatic carbocycles. The molecule has 0 amide bonds. The van der Waals surface area contributed by atoms with Crippen LogP contribution in [0, 0.1) is 0 Å². The van der Waals surface area contributed by atoms with Crippen LogP contribution < -0.4 is 14.6 Å². The molecule has 0 unspecified atom stereocenters. The van der Waals surface area contributed by atoms with Crippen LogP contribution in [0.15, 0.2) is 71.8 Å². The van der Waals surface area contributed by atoms with Crippen molar-refractivity contribution < 1.29 is 17.9 Å². The van der Waals surface area contributed by atoms with Gasteiger partial charge in [-0.25, -0.2) is 18.5 Å². The predicted molar refractivity (Wildman–Crippen MR) is 94.1 cm³/mol. The van der Waals surface area contributed by atoms with Gasteiger partial charge in [0.05, 0.1) is 7.11 Å². The molecule has 0 saturated heterocycles. The summed E-state index contributed by atoms with van der Waals surface area (Å²) in [7, 11) is -2.31. The number of rotatable bonds is 5. The zero-order valence-corrected chi connectivity index (χ0v) is 14.2. The molecule has 3 aromatic rings. The molecule has 7 heteroatoms. The molecule has 2 aromatic carbocycles. The molecule has 2 N–H and O–H groups in total. The van der Waals surface area contributed by atoms with E-state index in [0.29, 0.717) is 5.75 Å². The predicted octanol–water partition coefficient (Wildman–Crippen LogP) is 3.20. The summed E-state index contributed by atoms with van der Waals surface area (Å²) in [6.07, 6.45) is 1.44. The summed E-state index contributed by atoms with van der Waals surface area (Å²) >= 11 is 0. The molecule has 1 heterocycles. The lowest BCUT2D eigenvalue weighted by atomic mass is 10.1. The number of hydrogen-bond donors (Lipinski definition) is 1. The van der Waals surface area contributed by atoms with Crippen molar-refractivity contribution >= 4 is 10.0 Å². The van der Waals surface area contributed by atoms with Crippen LogP contribution in [-0.2, 0) is 10.0 Å². The summed E-state index contributed by atoms with van der Waals surface area (Å²) in [4.78, 5) is 3.81. The maximum absolute atomic E-state index is 11.6. The first-order chi connectivity index (χ1) is 12.0. The highest BCUT2D eigenvalue weighted by molar-refractivity contribution is 7.89. The third-order valence-electron chi connectivity index (χ3n) is 3.51. The molecule has 0 bridgehead atoms. The van der Waals surface area contributed by atoms with Gasteiger partial charge in [0.15, 0.2) is 0 Å². The van der Waals surface area contributed by atoms with Gasteiger partial charge in [-0.2, -0.15) is 0 Å². The van der Waals surface area contributed by atoms with Crippen molar-refractivity contribution in [2.24, 2.45) is 5.14 Å². The second-order valence-corrected chi connectivity index (χ2v) is 6.74. The lowest BCUT2D eigenvalue weighted by Crippen LogP contribution is -2.13. The van der Waals surface area contributed by atoms with E-state index in [4.69, 9.17) is 14.6 Å². The number of benzene rings is 2. The van der Waals surface area contributed by atoms with Crippen LogP contribution in [0.1, 0.15) is 0 Å². The summed E-state index contributed by atoms with van der Waals surface area (Å²) in [5.41, 5.74) is 1.88. The number of methoxy groups -OCH3 is 1. The summed E-state index contributed by atoms with van der Waals surface area (Å²) < 4.78 is 34.1. The van der Waals surface area contributed by atoms with E-state index in [2.05, 4.69) is 4.98 Å². The van der Waals surface area contributed by atoms with E-state index >= 15 is 0 Å². The summed E-state index contributed by atoms with van der Waals surface area (Å²) in [6.45, 7) is 0. The maximum Gasteiger partial charge on any atom is 0.243 e. The molecule has 0 aliphatic rings. The Balaban J connectivity index is 1.93. The normalized spacial score (nSPS) is 11.1. The van der Waals surface area contributed by atoms with Crippen LogP contribution in [-0.4, -0.2) is 20.5 Å². The molecule has 3 rings (SSSR count).